The molecule has 0 saturated heterocycles. The van der Waals surface area contributed by atoms with Crippen molar-refractivity contribution in [3.63, 3.8) is 0 Å². The first-order valence-electron chi connectivity index (χ1n) is 6.39. The van der Waals surface area contributed by atoms with Crippen molar-refractivity contribution in [2.45, 2.75) is 0 Å². The molecule has 0 N–H and O–H groups in total. The minimum absolute atomic E-state index is 0. The van der Waals surface area contributed by atoms with Gasteiger partial charge in [0.2, 0.25) is 0 Å². The van der Waals surface area contributed by atoms with E-state index >= 15 is 0 Å². The van der Waals surface area contributed by atoms with Crippen molar-refractivity contribution in [2.75, 3.05) is 6.54 Å². The van der Waals surface area contributed by atoms with E-state index in [0.29, 0.717) is 5.56 Å². The minimum Gasteiger partial charge on any atom is -1.00 e. The molecular formula is C16H14BrN2OS-. The first kappa shape index (κ1) is 15.7. The highest BCUT2D eigenvalue weighted by Crippen LogP contribution is 2.15. The normalized spacial score (nSPS) is 11.4. The zero-order valence-corrected chi connectivity index (χ0v) is 13.9. The summed E-state index contributed by atoms with van der Waals surface area (Å²) in [6.45, 7) is 0.185. The van der Waals surface area contributed by atoms with Crippen LogP contribution < -0.4 is 21.8 Å². The lowest BCUT2D eigenvalue weighted by molar-refractivity contribution is -0.0000116. The first-order chi connectivity index (χ1) is 9.75. The fraction of sp³-hybridized carbons (Fsp3) is 0.125. The molecule has 0 saturated carbocycles. The number of carbonyl (C=O) groups excluding carboxylic acids is 1. The van der Waals surface area contributed by atoms with Crippen LogP contribution in [0.3, 0.4) is 0 Å². The molecular weight excluding hydrogens is 348 g/mol. The van der Waals surface area contributed by atoms with Gasteiger partial charge in [-0.25, -0.2) is 0 Å². The van der Waals surface area contributed by atoms with Crippen LogP contribution in [0.4, 0.5) is 0 Å². The number of aromatic nitrogens is 1. The zero-order chi connectivity index (χ0) is 13.9. The van der Waals surface area contributed by atoms with E-state index in [1.165, 1.54) is 4.70 Å². The standard InChI is InChI=1S/C16H14N2OS.BrH/c1-18-13-9-5-6-10-15(13)20-16(18)17-11-14(19)12-7-3-2-4-8-12;/h2-10H,11H2,1H3;1H/p-1. The number of benzene rings is 2. The zero-order valence-electron chi connectivity index (χ0n) is 11.5. The smallest absolute Gasteiger partial charge is 0.185 e. The number of hydrogen-bond donors (Lipinski definition) is 0. The highest BCUT2D eigenvalue weighted by Gasteiger charge is 2.05. The summed E-state index contributed by atoms with van der Waals surface area (Å²) in [5.41, 5.74) is 1.85. The van der Waals surface area contributed by atoms with Gasteiger partial charge < -0.3 is 21.5 Å². The molecule has 108 valence electrons. The number of carbonyl (C=O) groups is 1. The molecule has 0 bridgehead atoms. The summed E-state index contributed by atoms with van der Waals surface area (Å²) in [6.07, 6.45) is 0. The molecule has 1 heterocycles. The van der Waals surface area contributed by atoms with Gasteiger partial charge >= 0.3 is 0 Å². The van der Waals surface area contributed by atoms with Crippen molar-refractivity contribution < 1.29 is 21.8 Å². The molecule has 3 nitrogen and oxygen atoms in total. The molecule has 0 spiro atoms. The second kappa shape index (κ2) is 6.83. The van der Waals surface area contributed by atoms with Crippen LogP contribution in [-0.4, -0.2) is 16.9 Å². The molecule has 0 aliphatic heterocycles. The topological polar surface area (TPSA) is 34.4 Å². The highest BCUT2D eigenvalue weighted by atomic mass is 79.9. The number of nitrogens with zero attached hydrogens (tertiary/aromatic N) is 2. The average molecular weight is 362 g/mol. The SMILES string of the molecule is Cn1c(=NCC(=O)c2ccccc2)sc2ccccc21.[Br-]. The Bertz CT molecular complexity index is 821. The summed E-state index contributed by atoms with van der Waals surface area (Å²) in [6, 6.07) is 17.4. The molecule has 5 heteroatoms. The fourth-order valence-electron chi connectivity index (χ4n) is 2.08. The molecule has 1 aromatic heterocycles. The van der Waals surface area contributed by atoms with Gasteiger partial charge in [0.25, 0.3) is 0 Å². The molecule has 0 fully saturated rings. The van der Waals surface area contributed by atoms with Crippen LogP contribution in [0.15, 0.2) is 59.6 Å². The number of fused-ring (bicyclic) bond motifs is 1. The second-order valence-corrected chi connectivity index (χ2v) is 5.53. The van der Waals surface area contributed by atoms with E-state index in [9.17, 15) is 4.79 Å². The molecule has 3 rings (SSSR count). The molecule has 0 unspecified atom stereocenters. The van der Waals surface area contributed by atoms with Gasteiger partial charge in [-0.3, -0.25) is 9.79 Å². The quantitative estimate of drug-likeness (QED) is 0.606. The average Bonchev–Trinajstić information content (AvgIpc) is 2.83. The Morgan fingerprint density at radius 1 is 1.10 bits per heavy atom. The molecule has 3 aromatic rings. The van der Waals surface area contributed by atoms with E-state index in [4.69, 9.17) is 0 Å². The van der Waals surface area contributed by atoms with Crippen LogP contribution in [0.5, 0.6) is 0 Å². The van der Waals surface area contributed by atoms with Crippen molar-refractivity contribution in [1.29, 1.82) is 0 Å². The summed E-state index contributed by atoms with van der Waals surface area (Å²) < 4.78 is 3.21. The third kappa shape index (κ3) is 3.31. The van der Waals surface area contributed by atoms with E-state index in [-0.39, 0.29) is 29.3 Å². The van der Waals surface area contributed by atoms with Crippen LogP contribution in [-0.2, 0) is 7.05 Å². The van der Waals surface area contributed by atoms with Gasteiger partial charge in [-0.2, -0.15) is 0 Å². The third-order valence-corrected chi connectivity index (χ3v) is 4.32. The van der Waals surface area contributed by atoms with Crippen LogP contribution >= 0.6 is 11.3 Å². The number of thiazole rings is 1. The second-order valence-electron chi connectivity index (χ2n) is 4.52. The maximum atomic E-state index is 12.0. The lowest BCUT2D eigenvalue weighted by atomic mass is 10.1. The predicted octanol–water partition coefficient (Wildman–Crippen LogP) is 0.0274. The predicted molar refractivity (Wildman–Crippen MR) is 82.0 cm³/mol. The van der Waals surface area contributed by atoms with Gasteiger partial charge in [-0.1, -0.05) is 53.8 Å². The van der Waals surface area contributed by atoms with Gasteiger partial charge in [-0.15, -0.1) is 0 Å². The summed E-state index contributed by atoms with van der Waals surface area (Å²) >= 11 is 1.61. The number of aryl methyl sites for hydroxylation is 1. The molecule has 0 aliphatic rings. The van der Waals surface area contributed by atoms with Crippen LogP contribution in [0, 0.1) is 0 Å². The van der Waals surface area contributed by atoms with E-state index in [2.05, 4.69) is 17.1 Å². The van der Waals surface area contributed by atoms with Gasteiger partial charge in [0.1, 0.15) is 6.54 Å². The van der Waals surface area contributed by atoms with E-state index < -0.39 is 0 Å². The van der Waals surface area contributed by atoms with E-state index in [1.54, 1.807) is 11.3 Å². The molecule has 0 atom stereocenters. The monoisotopic (exact) mass is 361 g/mol. The number of ketones is 1. The Kier molecular flexibility index (Phi) is 5.09. The minimum atomic E-state index is 0. The maximum Gasteiger partial charge on any atom is 0.185 e. The third-order valence-electron chi connectivity index (χ3n) is 3.17. The molecule has 21 heavy (non-hydrogen) atoms. The summed E-state index contributed by atoms with van der Waals surface area (Å²) in [7, 11) is 1.98. The Labute approximate surface area is 137 Å². The fourth-order valence-corrected chi connectivity index (χ4v) is 3.10. The number of para-hydroxylation sites is 1. The molecule has 0 amide bonds. The van der Waals surface area contributed by atoms with Crippen LogP contribution in [0.25, 0.3) is 10.2 Å². The van der Waals surface area contributed by atoms with Crippen molar-refractivity contribution >= 4 is 27.3 Å². The van der Waals surface area contributed by atoms with E-state index in [1.807, 2.05) is 54.1 Å². The molecule has 0 aliphatic carbocycles. The van der Waals surface area contributed by atoms with Crippen LogP contribution in [0.2, 0.25) is 0 Å². The Morgan fingerprint density at radius 2 is 1.76 bits per heavy atom. The highest BCUT2D eigenvalue weighted by molar-refractivity contribution is 7.16. The lowest BCUT2D eigenvalue weighted by Crippen LogP contribution is -3.00. The van der Waals surface area contributed by atoms with Crippen molar-refractivity contribution in [1.82, 2.24) is 4.57 Å². The van der Waals surface area contributed by atoms with E-state index in [0.717, 1.165) is 10.3 Å². The molecule has 2 aromatic carbocycles. The molecule has 0 radical (unpaired) electrons. The number of rotatable bonds is 3. The number of hydrogen-bond acceptors (Lipinski definition) is 3. The Morgan fingerprint density at radius 3 is 2.48 bits per heavy atom. The summed E-state index contributed by atoms with van der Waals surface area (Å²) in [4.78, 5) is 17.4. The summed E-state index contributed by atoms with van der Waals surface area (Å²) in [5, 5.41) is 0. The van der Waals surface area contributed by atoms with Crippen molar-refractivity contribution in [2.24, 2.45) is 12.0 Å². The number of halogens is 1. The summed E-state index contributed by atoms with van der Waals surface area (Å²) in [5.74, 6) is 0.0445. The lowest BCUT2D eigenvalue weighted by Gasteiger charge is -1.97. The van der Waals surface area contributed by atoms with Crippen molar-refractivity contribution in [3.05, 3.63) is 65.0 Å². The van der Waals surface area contributed by atoms with Gasteiger partial charge in [-0.05, 0) is 12.1 Å². The van der Waals surface area contributed by atoms with Gasteiger partial charge in [0.05, 0.1) is 10.2 Å². The number of Topliss-reactive ketones (excluding diaryl/α,β-unsaturated/α-hetero) is 1. The van der Waals surface area contributed by atoms with Crippen LogP contribution in [0.1, 0.15) is 10.4 Å². The van der Waals surface area contributed by atoms with Gasteiger partial charge in [0.15, 0.2) is 10.6 Å². The maximum absolute atomic E-state index is 12.0. The largest absolute Gasteiger partial charge is 1.00 e. The Balaban J connectivity index is 0.00000161. The van der Waals surface area contributed by atoms with Gasteiger partial charge in [0, 0.05) is 12.6 Å². The Hall–Kier alpha value is -1.72. The first-order valence-corrected chi connectivity index (χ1v) is 7.20. The van der Waals surface area contributed by atoms with Crippen molar-refractivity contribution in [3.8, 4) is 0 Å².